The fourth-order valence-corrected chi connectivity index (χ4v) is 1.39. The van der Waals surface area contributed by atoms with Crippen molar-refractivity contribution in [3.8, 4) is 0 Å². The lowest BCUT2D eigenvalue weighted by atomic mass is 10.2. The third-order valence-electron chi connectivity index (χ3n) is 1.63. The molecule has 1 rings (SSSR count). The number of quaternary nitrogens is 1. The van der Waals surface area contributed by atoms with Crippen molar-refractivity contribution in [2.75, 3.05) is 19.4 Å². The Morgan fingerprint density at radius 2 is 2.17 bits per heavy atom. The zero-order valence-electron chi connectivity index (χ0n) is 7.02. The first-order chi connectivity index (χ1) is 5.65. The van der Waals surface area contributed by atoms with Gasteiger partial charge in [0.1, 0.15) is 0 Å². The molecule has 12 heavy (non-hydrogen) atoms. The Labute approximate surface area is 80.1 Å². The molecule has 0 saturated heterocycles. The molecule has 0 heterocycles. The predicted molar refractivity (Wildman–Crippen MR) is 53.6 cm³/mol. The van der Waals surface area contributed by atoms with Gasteiger partial charge in [-0.1, -0.05) is 15.9 Å². The molecule has 0 aliphatic heterocycles. The van der Waals surface area contributed by atoms with Crippen LogP contribution in [0.3, 0.4) is 0 Å². The zero-order chi connectivity index (χ0) is 9.14. The third-order valence-corrected chi connectivity index (χ3v) is 2.12. The van der Waals surface area contributed by atoms with Gasteiger partial charge in [-0.05, 0) is 12.1 Å². The van der Waals surface area contributed by atoms with Gasteiger partial charge in [-0.25, -0.2) is 0 Å². The molecule has 1 unspecified atom stereocenters. The molecule has 4 heteroatoms. The molecule has 3 nitrogen and oxygen atoms in total. The number of rotatable bonds is 2. The summed E-state index contributed by atoms with van der Waals surface area (Å²) in [4.78, 5) is 0. The second kappa shape index (κ2) is 3.89. The molecular weight excluding hydrogens is 220 g/mol. The maximum absolute atomic E-state index is 11.1. The summed E-state index contributed by atoms with van der Waals surface area (Å²) < 4.78 is 0.923. The van der Waals surface area contributed by atoms with Crippen LogP contribution in [0.4, 0.5) is 11.4 Å². The van der Waals surface area contributed by atoms with Crippen LogP contribution in [0.25, 0.3) is 0 Å². The Kier molecular flexibility index (Phi) is 3.08. The molecule has 0 spiro atoms. The number of halogens is 1. The van der Waals surface area contributed by atoms with Crippen molar-refractivity contribution in [3.63, 3.8) is 0 Å². The molecule has 66 valence electrons. The van der Waals surface area contributed by atoms with Crippen LogP contribution in [0.1, 0.15) is 0 Å². The van der Waals surface area contributed by atoms with Gasteiger partial charge >= 0.3 is 0 Å². The summed E-state index contributed by atoms with van der Waals surface area (Å²) >= 11 is 3.31. The average molecular weight is 231 g/mol. The van der Waals surface area contributed by atoms with Crippen molar-refractivity contribution in [2.24, 2.45) is 0 Å². The first-order valence-corrected chi connectivity index (χ1v) is 4.42. The number of benzene rings is 1. The molecule has 0 aromatic heterocycles. The molecular formula is C8H11BrN2O. The van der Waals surface area contributed by atoms with Gasteiger partial charge in [0, 0.05) is 17.6 Å². The van der Waals surface area contributed by atoms with E-state index in [9.17, 15) is 5.21 Å². The third kappa shape index (κ3) is 1.97. The number of anilines is 1. The highest BCUT2D eigenvalue weighted by Crippen LogP contribution is 2.21. The fraction of sp³-hybridized carbons (Fsp3) is 0.250. The highest BCUT2D eigenvalue weighted by Gasteiger charge is 2.05. The average Bonchev–Trinajstić information content (AvgIpc) is 2.04. The molecule has 0 aliphatic rings. The van der Waals surface area contributed by atoms with Crippen LogP contribution < -0.4 is 10.4 Å². The van der Waals surface area contributed by atoms with Crippen molar-refractivity contribution >= 4 is 27.3 Å². The molecule has 1 atom stereocenters. The summed E-state index contributed by atoms with van der Waals surface area (Å²) in [5, 5.41) is 14.1. The van der Waals surface area contributed by atoms with Crippen molar-refractivity contribution in [1.82, 2.24) is 0 Å². The smallest absolute Gasteiger partial charge is 0.155 e. The largest absolute Gasteiger partial charge is 0.629 e. The fourth-order valence-electron chi connectivity index (χ4n) is 1.03. The summed E-state index contributed by atoms with van der Waals surface area (Å²) in [6.07, 6.45) is 0. The summed E-state index contributed by atoms with van der Waals surface area (Å²) in [7, 11) is 3.36. The first kappa shape index (κ1) is 9.51. The molecule has 0 fully saturated rings. The van der Waals surface area contributed by atoms with Crippen LogP contribution in [0, 0.1) is 5.21 Å². The van der Waals surface area contributed by atoms with E-state index in [0.717, 1.165) is 10.2 Å². The van der Waals surface area contributed by atoms with Gasteiger partial charge in [0.25, 0.3) is 0 Å². The monoisotopic (exact) mass is 230 g/mol. The van der Waals surface area contributed by atoms with E-state index in [4.69, 9.17) is 0 Å². The molecule has 0 amide bonds. The number of hydrogen-bond acceptors (Lipinski definition) is 2. The molecule has 1 aromatic carbocycles. The Morgan fingerprint density at radius 3 is 2.67 bits per heavy atom. The van der Waals surface area contributed by atoms with Crippen molar-refractivity contribution < 1.29 is 5.06 Å². The van der Waals surface area contributed by atoms with E-state index in [-0.39, 0.29) is 5.06 Å². The summed E-state index contributed by atoms with van der Waals surface area (Å²) in [5.74, 6) is 0. The van der Waals surface area contributed by atoms with Crippen molar-refractivity contribution in [2.45, 2.75) is 0 Å². The Bertz CT molecular complexity index is 276. The highest BCUT2D eigenvalue weighted by molar-refractivity contribution is 9.10. The maximum atomic E-state index is 11.1. The highest BCUT2D eigenvalue weighted by atomic mass is 79.9. The zero-order valence-corrected chi connectivity index (χ0v) is 8.60. The van der Waals surface area contributed by atoms with Crippen LogP contribution in [0.2, 0.25) is 0 Å². The molecule has 0 bridgehead atoms. The summed E-state index contributed by atoms with van der Waals surface area (Å²) in [5.41, 5.74) is 1.58. The summed E-state index contributed by atoms with van der Waals surface area (Å²) in [6.45, 7) is 0. The van der Waals surface area contributed by atoms with Gasteiger partial charge < -0.3 is 15.6 Å². The van der Waals surface area contributed by atoms with Crippen LogP contribution in [-0.4, -0.2) is 14.1 Å². The van der Waals surface area contributed by atoms with E-state index in [2.05, 4.69) is 21.2 Å². The maximum Gasteiger partial charge on any atom is 0.155 e. The quantitative estimate of drug-likeness (QED) is 0.749. The van der Waals surface area contributed by atoms with E-state index >= 15 is 0 Å². The second-order valence-electron chi connectivity index (χ2n) is 2.50. The minimum Gasteiger partial charge on any atom is -0.629 e. The van der Waals surface area contributed by atoms with E-state index in [1.165, 1.54) is 0 Å². The van der Waals surface area contributed by atoms with Crippen LogP contribution in [0.5, 0.6) is 0 Å². The number of hydroxylamine groups is 1. The molecule has 0 aliphatic carbocycles. The normalized spacial score (nSPS) is 12.7. The van der Waals surface area contributed by atoms with Gasteiger partial charge in [0.05, 0.1) is 12.7 Å². The van der Waals surface area contributed by atoms with Crippen LogP contribution in [0.15, 0.2) is 22.7 Å². The number of hydrogen-bond donors (Lipinski definition) is 2. The van der Waals surface area contributed by atoms with E-state index in [0.29, 0.717) is 5.69 Å². The Balaban J connectivity index is 3.12. The van der Waals surface area contributed by atoms with E-state index < -0.39 is 0 Å². The van der Waals surface area contributed by atoms with E-state index in [1.807, 2.05) is 18.2 Å². The van der Waals surface area contributed by atoms with Gasteiger partial charge in [-0.3, -0.25) is 0 Å². The predicted octanol–water partition coefficient (Wildman–Crippen LogP) is 1.13. The molecule has 0 radical (unpaired) electrons. The SMILES string of the molecule is CNc1ccc(Br)cc1[NH+](C)[O-]. The minimum absolute atomic E-state index is 0.0700. The topological polar surface area (TPSA) is 39.5 Å². The second-order valence-corrected chi connectivity index (χ2v) is 3.41. The molecule has 0 saturated carbocycles. The van der Waals surface area contributed by atoms with Gasteiger partial charge in [-0.2, -0.15) is 0 Å². The molecule has 1 aromatic rings. The summed E-state index contributed by atoms with van der Waals surface area (Å²) in [6, 6.07) is 5.59. The lowest BCUT2D eigenvalue weighted by molar-refractivity contribution is -0.750. The van der Waals surface area contributed by atoms with Gasteiger partial charge in [-0.15, -0.1) is 0 Å². The van der Waals surface area contributed by atoms with E-state index in [1.54, 1.807) is 14.1 Å². The minimum atomic E-state index is 0.0700. The number of nitrogens with one attached hydrogen (secondary N) is 2. The first-order valence-electron chi connectivity index (χ1n) is 3.63. The standard InChI is InChI=1S/C8H11BrN2O/c1-10-7-4-3-6(9)5-8(7)11(2)12/h3-5,10-11H,1-2H3. The lowest BCUT2D eigenvalue weighted by Crippen LogP contribution is -2.98. The Morgan fingerprint density at radius 1 is 1.50 bits per heavy atom. The molecule has 2 N–H and O–H groups in total. The van der Waals surface area contributed by atoms with Gasteiger partial charge in [0.2, 0.25) is 0 Å². The van der Waals surface area contributed by atoms with Crippen molar-refractivity contribution in [3.05, 3.63) is 27.9 Å². The van der Waals surface area contributed by atoms with Gasteiger partial charge in [0.15, 0.2) is 5.69 Å². The lowest BCUT2D eigenvalue weighted by Gasteiger charge is -2.18. The van der Waals surface area contributed by atoms with Crippen LogP contribution >= 0.6 is 15.9 Å². The van der Waals surface area contributed by atoms with Crippen LogP contribution in [-0.2, 0) is 0 Å². The Hall–Kier alpha value is -0.580. The van der Waals surface area contributed by atoms with Crippen molar-refractivity contribution in [1.29, 1.82) is 0 Å².